The van der Waals surface area contributed by atoms with Crippen molar-refractivity contribution in [1.29, 1.82) is 0 Å². The van der Waals surface area contributed by atoms with E-state index in [1.54, 1.807) is 18.2 Å². The number of aromatic nitrogens is 6. The number of halogens is 3. The highest BCUT2D eigenvalue weighted by atomic mass is 35.5. The largest absolute Gasteiger partial charge is 0.381 e. The minimum Gasteiger partial charge on any atom is -0.381 e. The number of nitrogens with zero attached hydrogens (tertiary/aromatic N) is 6. The van der Waals surface area contributed by atoms with Crippen LogP contribution in [0.4, 0.5) is 8.78 Å². The zero-order chi connectivity index (χ0) is 21.5. The van der Waals surface area contributed by atoms with Crippen LogP contribution in [0.5, 0.6) is 0 Å². The molecule has 8 nitrogen and oxygen atoms in total. The average molecular weight is 433 g/mol. The molecule has 0 aliphatic carbocycles. The summed E-state index contributed by atoms with van der Waals surface area (Å²) in [5, 5.41) is 27.7. The fourth-order valence-corrected chi connectivity index (χ4v) is 3.58. The van der Waals surface area contributed by atoms with Crippen LogP contribution in [-0.4, -0.2) is 35.1 Å². The minimum absolute atomic E-state index is 0.225. The van der Waals surface area contributed by atoms with Crippen LogP contribution in [0.15, 0.2) is 53.7 Å². The molecule has 2 atom stereocenters. The summed E-state index contributed by atoms with van der Waals surface area (Å²) in [6.07, 6.45) is 2.66. The Morgan fingerprint density at radius 1 is 1.23 bits per heavy atom. The molecule has 0 unspecified atom stereocenters. The summed E-state index contributed by atoms with van der Waals surface area (Å²) in [4.78, 5) is 13.0. The van der Waals surface area contributed by atoms with E-state index in [9.17, 15) is 18.7 Å². The van der Waals surface area contributed by atoms with Crippen LogP contribution in [0.2, 0.25) is 5.02 Å². The minimum atomic E-state index is -2.04. The van der Waals surface area contributed by atoms with Gasteiger partial charge in [0.1, 0.15) is 23.6 Å². The molecule has 0 radical (unpaired) electrons. The summed E-state index contributed by atoms with van der Waals surface area (Å²) >= 11 is 5.97. The topological polar surface area (TPSA) is 98.7 Å². The molecule has 0 saturated heterocycles. The second kappa shape index (κ2) is 7.54. The van der Waals surface area contributed by atoms with Crippen LogP contribution in [0.25, 0.3) is 10.8 Å². The first-order chi connectivity index (χ1) is 14.3. The molecule has 2 aromatic heterocycles. The monoisotopic (exact) mass is 432 g/mol. The molecular weight excluding hydrogens is 418 g/mol. The summed E-state index contributed by atoms with van der Waals surface area (Å²) in [5.41, 5.74) is -2.77. The van der Waals surface area contributed by atoms with Crippen LogP contribution < -0.4 is 5.56 Å². The maximum Gasteiger partial charge on any atom is 0.274 e. The number of hydrogen-bond acceptors (Lipinski definition) is 6. The van der Waals surface area contributed by atoms with Crippen molar-refractivity contribution in [2.75, 3.05) is 0 Å². The Kier molecular flexibility index (Phi) is 5.04. The molecule has 0 aliphatic rings. The Hall–Kier alpha value is -3.24. The third-order valence-corrected chi connectivity index (χ3v) is 5.26. The van der Waals surface area contributed by atoms with Crippen LogP contribution in [0, 0.1) is 11.6 Å². The molecule has 11 heteroatoms. The molecule has 154 valence electrons. The molecule has 2 aromatic carbocycles. The number of aliphatic hydroxyl groups is 1. The zero-order valence-corrected chi connectivity index (χ0v) is 16.3. The highest BCUT2D eigenvalue weighted by Gasteiger charge is 2.41. The fraction of sp³-hybridized carbons (Fsp3) is 0.211. The van der Waals surface area contributed by atoms with Crippen molar-refractivity contribution in [3.63, 3.8) is 0 Å². The molecule has 0 spiro atoms. The Bertz CT molecular complexity index is 1280. The van der Waals surface area contributed by atoms with Gasteiger partial charge in [0.25, 0.3) is 5.56 Å². The number of benzene rings is 2. The lowest BCUT2D eigenvalue weighted by molar-refractivity contribution is -0.0385. The quantitative estimate of drug-likeness (QED) is 0.520. The van der Waals surface area contributed by atoms with Crippen LogP contribution >= 0.6 is 11.6 Å². The predicted molar refractivity (Wildman–Crippen MR) is 104 cm³/mol. The predicted octanol–water partition coefficient (Wildman–Crippen LogP) is 2.46. The SMILES string of the molecule is C[C@@H](n1ncc2cc(Cl)ccc2c1=O)[C@](O)(Cn1cnnn1)c1ccc(F)cc1F. The van der Waals surface area contributed by atoms with E-state index in [-0.39, 0.29) is 12.1 Å². The van der Waals surface area contributed by atoms with E-state index >= 15 is 0 Å². The Morgan fingerprint density at radius 2 is 2.03 bits per heavy atom. The second-order valence-electron chi connectivity index (χ2n) is 6.86. The van der Waals surface area contributed by atoms with E-state index in [0.717, 1.165) is 16.8 Å². The molecule has 4 rings (SSSR count). The van der Waals surface area contributed by atoms with Crippen LogP contribution in [0.1, 0.15) is 18.5 Å². The van der Waals surface area contributed by atoms with Gasteiger partial charge in [-0.25, -0.2) is 18.1 Å². The highest BCUT2D eigenvalue weighted by Crippen LogP contribution is 2.36. The van der Waals surface area contributed by atoms with Gasteiger partial charge in [0.2, 0.25) is 0 Å². The normalized spacial score (nSPS) is 14.6. The molecule has 2 heterocycles. The lowest BCUT2D eigenvalue weighted by Crippen LogP contribution is -2.44. The molecule has 0 saturated carbocycles. The van der Waals surface area contributed by atoms with E-state index in [2.05, 4.69) is 20.6 Å². The average Bonchev–Trinajstić information content (AvgIpc) is 3.20. The Balaban J connectivity index is 1.88. The molecule has 0 fully saturated rings. The second-order valence-corrected chi connectivity index (χ2v) is 7.29. The third-order valence-electron chi connectivity index (χ3n) is 5.02. The van der Waals surface area contributed by atoms with Gasteiger partial charge >= 0.3 is 0 Å². The van der Waals surface area contributed by atoms with Crippen molar-refractivity contribution in [1.82, 2.24) is 30.0 Å². The van der Waals surface area contributed by atoms with Gasteiger partial charge in [-0.1, -0.05) is 17.7 Å². The Labute approximate surface area is 173 Å². The van der Waals surface area contributed by atoms with Crippen molar-refractivity contribution >= 4 is 22.4 Å². The number of rotatable bonds is 5. The van der Waals surface area contributed by atoms with Crippen molar-refractivity contribution < 1.29 is 13.9 Å². The highest BCUT2D eigenvalue weighted by molar-refractivity contribution is 6.31. The molecule has 30 heavy (non-hydrogen) atoms. The maximum absolute atomic E-state index is 14.7. The van der Waals surface area contributed by atoms with Crippen molar-refractivity contribution in [3.05, 3.63) is 81.5 Å². The molecule has 1 N–H and O–H groups in total. The summed E-state index contributed by atoms with van der Waals surface area (Å²) in [5.74, 6) is -1.77. The standard InChI is InChI=1S/C19H15ClF2N6O2/c1-11(28-18(29)15-4-2-13(20)6-12(15)8-24-28)19(30,9-27-10-23-25-26-27)16-5-3-14(21)7-17(16)22/h2-8,10-11,30H,9H2,1H3/t11-,19-/m1/s1. The lowest BCUT2D eigenvalue weighted by Gasteiger charge is -2.34. The van der Waals surface area contributed by atoms with E-state index in [4.69, 9.17) is 11.6 Å². The summed E-state index contributed by atoms with van der Waals surface area (Å²) in [6, 6.07) is 6.43. The van der Waals surface area contributed by atoms with Crippen LogP contribution in [0.3, 0.4) is 0 Å². The van der Waals surface area contributed by atoms with Gasteiger partial charge in [-0.2, -0.15) is 5.10 Å². The zero-order valence-electron chi connectivity index (χ0n) is 15.6. The van der Waals surface area contributed by atoms with Crippen LogP contribution in [-0.2, 0) is 12.1 Å². The number of fused-ring (bicyclic) bond motifs is 1. The van der Waals surface area contributed by atoms with E-state index < -0.39 is 28.8 Å². The van der Waals surface area contributed by atoms with Crippen molar-refractivity contribution in [2.24, 2.45) is 0 Å². The van der Waals surface area contributed by atoms with E-state index in [1.807, 2.05) is 0 Å². The van der Waals surface area contributed by atoms with Gasteiger partial charge in [-0.15, -0.1) is 5.10 Å². The number of hydrogen-bond donors (Lipinski definition) is 1. The van der Waals surface area contributed by atoms with Gasteiger partial charge < -0.3 is 5.11 Å². The molecule has 0 amide bonds. The molecule has 4 aromatic rings. The van der Waals surface area contributed by atoms with Gasteiger partial charge in [0.05, 0.1) is 24.2 Å². The lowest BCUT2D eigenvalue weighted by atomic mass is 9.86. The third kappa shape index (κ3) is 3.44. The first kappa shape index (κ1) is 20.0. The van der Waals surface area contributed by atoms with E-state index in [1.165, 1.54) is 24.1 Å². The van der Waals surface area contributed by atoms with Crippen molar-refractivity contribution in [3.8, 4) is 0 Å². The Morgan fingerprint density at radius 3 is 2.73 bits per heavy atom. The molecule has 0 bridgehead atoms. The number of tetrazole rings is 1. The maximum atomic E-state index is 14.7. The summed E-state index contributed by atoms with van der Waals surface area (Å²) in [7, 11) is 0. The fourth-order valence-electron chi connectivity index (χ4n) is 3.40. The van der Waals surface area contributed by atoms with Gasteiger partial charge in [0, 0.05) is 22.0 Å². The van der Waals surface area contributed by atoms with Gasteiger partial charge in [-0.05, 0) is 41.6 Å². The van der Waals surface area contributed by atoms with Crippen molar-refractivity contribution in [2.45, 2.75) is 25.1 Å². The van der Waals surface area contributed by atoms with Gasteiger partial charge in [-0.3, -0.25) is 4.79 Å². The first-order valence-corrected chi connectivity index (χ1v) is 9.23. The van der Waals surface area contributed by atoms with Gasteiger partial charge in [0.15, 0.2) is 0 Å². The first-order valence-electron chi connectivity index (χ1n) is 8.85. The van der Waals surface area contributed by atoms with E-state index in [0.29, 0.717) is 21.9 Å². The molecular formula is C19H15ClF2N6O2. The molecule has 0 aliphatic heterocycles. The summed E-state index contributed by atoms with van der Waals surface area (Å²) in [6.45, 7) is 1.19. The summed E-state index contributed by atoms with van der Waals surface area (Å²) < 4.78 is 30.4. The smallest absolute Gasteiger partial charge is 0.274 e.